The van der Waals surface area contributed by atoms with E-state index >= 15 is 0 Å². The zero-order chi connectivity index (χ0) is 27.5. The first-order valence-electron chi connectivity index (χ1n) is 12.1. The normalized spacial score (nSPS) is 27.5. The Morgan fingerprint density at radius 2 is 1.25 bits per heavy atom. The molecule has 4 atom stereocenters. The van der Waals surface area contributed by atoms with Crippen molar-refractivity contribution < 1.29 is 18.9 Å². The Morgan fingerprint density at radius 3 is 1.56 bits per heavy atom. The molecule has 0 amide bonds. The van der Waals surface area contributed by atoms with Crippen molar-refractivity contribution in [3.05, 3.63) is 10.4 Å². The predicted octanol–water partition coefficient (Wildman–Crippen LogP) is 5.08. The third kappa shape index (κ3) is 7.74. The van der Waals surface area contributed by atoms with E-state index in [-0.39, 0.29) is 18.0 Å². The molecule has 0 spiro atoms. The Kier molecular flexibility index (Phi) is 12.5. The van der Waals surface area contributed by atoms with Crippen LogP contribution in [0.1, 0.15) is 54.4 Å². The van der Waals surface area contributed by atoms with Crippen molar-refractivity contribution in [3.63, 3.8) is 0 Å². The Bertz CT molecular complexity index is 899. The van der Waals surface area contributed by atoms with Gasteiger partial charge in [0.2, 0.25) is 23.6 Å². The summed E-state index contributed by atoms with van der Waals surface area (Å²) in [5.41, 5.74) is 7.21. The zero-order valence-corrected chi connectivity index (χ0v) is 24.0. The van der Waals surface area contributed by atoms with Crippen LogP contribution in [-0.2, 0) is 18.9 Å². The lowest BCUT2D eigenvalue weighted by Gasteiger charge is -2.33. The van der Waals surface area contributed by atoms with Gasteiger partial charge >= 0.3 is 0 Å². The Morgan fingerprint density at radius 1 is 0.833 bits per heavy atom. The van der Waals surface area contributed by atoms with Gasteiger partial charge in [-0.2, -0.15) is 0 Å². The van der Waals surface area contributed by atoms with E-state index < -0.39 is 11.1 Å². The average Bonchev–Trinajstić information content (AvgIpc) is 2.83. The number of azide groups is 1. The van der Waals surface area contributed by atoms with Crippen molar-refractivity contribution in [2.75, 3.05) is 40.9 Å². The van der Waals surface area contributed by atoms with E-state index in [1.54, 1.807) is 28.4 Å². The van der Waals surface area contributed by atoms with E-state index in [1.165, 1.54) is 0 Å². The summed E-state index contributed by atoms with van der Waals surface area (Å²) in [7, 11) is 6.42. The molecular weight excluding hydrogens is 486 g/mol. The zero-order valence-electron chi connectivity index (χ0n) is 23.3. The van der Waals surface area contributed by atoms with Crippen molar-refractivity contribution in [2.45, 2.75) is 77.5 Å². The summed E-state index contributed by atoms with van der Waals surface area (Å²) in [5.74, 6) is 3.54. The number of nitrogens with zero attached hydrogens (tertiary/aromatic N) is 7. The molecule has 0 bridgehead atoms. The number of halogens is 1. The van der Waals surface area contributed by atoms with Crippen LogP contribution in [0.4, 0.5) is 0 Å². The molecule has 0 fully saturated rings. The topological polar surface area (TPSA) is 135 Å². The average molecular weight is 528 g/mol. The van der Waals surface area contributed by atoms with Gasteiger partial charge < -0.3 is 18.9 Å². The number of alkyl halides is 1. The fraction of sp³-hybridized carbons (Fsp3) is 0.833. The minimum Gasteiger partial charge on any atom is -0.483 e. The van der Waals surface area contributed by atoms with Crippen molar-refractivity contribution in [1.82, 2.24) is 0 Å². The van der Waals surface area contributed by atoms with Crippen LogP contribution < -0.4 is 0 Å². The number of hydrogen-bond donors (Lipinski definition) is 0. The number of methoxy groups -OCH3 is 4. The number of aliphatic imine (C=N–C) groups is 4. The summed E-state index contributed by atoms with van der Waals surface area (Å²) in [6.07, 6.45) is 1.21. The molecule has 2 rings (SSSR count). The van der Waals surface area contributed by atoms with E-state index in [2.05, 4.69) is 57.7 Å². The smallest absolute Gasteiger partial charge is 0.212 e. The van der Waals surface area contributed by atoms with Gasteiger partial charge in [-0.15, -0.1) is 11.6 Å². The summed E-state index contributed by atoms with van der Waals surface area (Å²) in [5, 5.41) is 3.54. The molecule has 2 aliphatic heterocycles. The van der Waals surface area contributed by atoms with E-state index in [0.717, 1.165) is 0 Å². The molecule has 11 nitrogen and oxygen atoms in total. The Balaban J connectivity index is 0.000000362. The highest BCUT2D eigenvalue weighted by molar-refractivity contribution is 6.18. The maximum Gasteiger partial charge on any atom is 0.212 e. The molecule has 204 valence electrons. The van der Waals surface area contributed by atoms with Gasteiger partial charge in [0, 0.05) is 17.3 Å². The summed E-state index contributed by atoms with van der Waals surface area (Å²) in [6, 6.07) is -0.203. The molecule has 0 unspecified atom stereocenters. The molecule has 2 aliphatic rings. The molecule has 0 saturated heterocycles. The van der Waals surface area contributed by atoms with Crippen LogP contribution in [0.5, 0.6) is 0 Å². The highest BCUT2D eigenvalue weighted by Crippen LogP contribution is 2.28. The highest BCUT2D eigenvalue weighted by Gasteiger charge is 2.40. The van der Waals surface area contributed by atoms with Crippen molar-refractivity contribution >= 4 is 35.2 Å². The Labute approximate surface area is 220 Å². The summed E-state index contributed by atoms with van der Waals surface area (Å²) in [4.78, 5) is 21.2. The van der Waals surface area contributed by atoms with E-state index in [4.69, 9.17) is 36.1 Å². The first kappa shape index (κ1) is 31.5. The third-order valence-electron chi connectivity index (χ3n) is 6.07. The van der Waals surface area contributed by atoms with E-state index in [9.17, 15) is 0 Å². The van der Waals surface area contributed by atoms with Crippen LogP contribution >= 0.6 is 11.6 Å². The molecule has 0 saturated carbocycles. The quantitative estimate of drug-likeness (QED) is 0.197. The standard InChI is InChI=1S/C12H21ClN2O2.C12H21N5O2/c1-8(2)9-10(16-4)15-12(3,6-7-13)11(14-9)17-5;1-8(2)9-10(18-4)16-12(3,6-7-14-17-13)11(15-9)19-5/h8-9H,6-7H2,1-5H3;8-9H,6-7H2,1-5H3/t2*9-,12+/m11/s1. The van der Waals surface area contributed by atoms with Gasteiger partial charge in [0.1, 0.15) is 23.2 Å². The maximum absolute atomic E-state index is 8.35. The van der Waals surface area contributed by atoms with Crippen molar-refractivity contribution in [3.8, 4) is 0 Å². The number of rotatable bonds is 7. The maximum atomic E-state index is 8.35. The Hall–Kier alpha value is -2.52. The molecule has 12 heteroatoms. The fourth-order valence-electron chi connectivity index (χ4n) is 3.92. The molecule has 36 heavy (non-hydrogen) atoms. The van der Waals surface area contributed by atoms with Gasteiger partial charge in [-0.05, 0) is 44.1 Å². The second-order valence-corrected chi connectivity index (χ2v) is 10.0. The van der Waals surface area contributed by atoms with Gasteiger partial charge in [0.05, 0.1) is 28.4 Å². The second-order valence-electron chi connectivity index (χ2n) is 9.65. The molecule has 0 radical (unpaired) electrons. The summed E-state index contributed by atoms with van der Waals surface area (Å²) in [6.45, 7) is 12.5. The lowest BCUT2D eigenvalue weighted by molar-refractivity contribution is 0.306. The largest absolute Gasteiger partial charge is 0.483 e. The molecule has 0 N–H and O–H groups in total. The highest BCUT2D eigenvalue weighted by atomic mass is 35.5. The SMILES string of the molecule is COC1=N[C@@](C)(CCCl)C(OC)=N[C@@H]1C(C)C.COC1=N[C@@](C)(CCN=[N+]=[N-])C(OC)=N[C@@H]1C(C)C. The predicted molar refractivity (Wildman–Crippen MR) is 146 cm³/mol. The fourth-order valence-corrected chi connectivity index (χ4v) is 4.29. The monoisotopic (exact) mass is 527 g/mol. The van der Waals surface area contributed by atoms with Crippen molar-refractivity contribution in [1.29, 1.82) is 0 Å². The van der Waals surface area contributed by atoms with Gasteiger partial charge in [0.15, 0.2) is 0 Å². The van der Waals surface area contributed by atoms with E-state index in [1.807, 2.05) is 13.8 Å². The lowest BCUT2D eigenvalue weighted by atomic mass is 9.94. The summed E-state index contributed by atoms with van der Waals surface area (Å²) >= 11 is 5.82. The molecule has 0 aromatic carbocycles. The van der Waals surface area contributed by atoms with Crippen LogP contribution in [0.15, 0.2) is 25.1 Å². The molecule has 0 aromatic rings. The molecule has 0 aromatic heterocycles. The van der Waals surface area contributed by atoms with Crippen LogP contribution in [-0.4, -0.2) is 87.6 Å². The van der Waals surface area contributed by atoms with Crippen molar-refractivity contribution in [2.24, 2.45) is 36.9 Å². The first-order chi connectivity index (χ1) is 17.0. The van der Waals surface area contributed by atoms with Crippen LogP contribution in [0.2, 0.25) is 0 Å². The van der Waals surface area contributed by atoms with Gasteiger partial charge in [-0.3, -0.25) is 0 Å². The molecule has 0 aliphatic carbocycles. The van der Waals surface area contributed by atoms with E-state index in [0.29, 0.717) is 54.8 Å². The number of hydrogen-bond acceptors (Lipinski definition) is 9. The third-order valence-corrected chi connectivity index (χ3v) is 6.25. The van der Waals surface area contributed by atoms with Crippen LogP contribution in [0.3, 0.4) is 0 Å². The first-order valence-corrected chi connectivity index (χ1v) is 12.6. The second kappa shape index (κ2) is 14.3. The minimum absolute atomic E-state index is 0.0710. The number of ether oxygens (including phenoxy) is 4. The minimum atomic E-state index is -0.639. The summed E-state index contributed by atoms with van der Waals surface area (Å²) < 4.78 is 21.4. The van der Waals surface area contributed by atoms with Gasteiger partial charge in [-0.1, -0.05) is 32.8 Å². The lowest BCUT2D eigenvalue weighted by Crippen LogP contribution is -2.45. The molecular formula is C24H42ClN7O4. The van der Waals surface area contributed by atoms with Gasteiger partial charge in [0.25, 0.3) is 0 Å². The molecule has 2 heterocycles. The van der Waals surface area contributed by atoms with Crippen LogP contribution in [0, 0.1) is 11.8 Å². The van der Waals surface area contributed by atoms with Gasteiger partial charge in [-0.25, -0.2) is 20.0 Å². The van der Waals surface area contributed by atoms with Crippen LogP contribution in [0.25, 0.3) is 10.4 Å².